The summed E-state index contributed by atoms with van der Waals surface area (Å²) in [6, 6.07) is 12.1. The quantitative estimate of drug-likeness (QED) is 0.683. The highest BCUT2D eigenvalue weighted by atomic mass is 16.1. The Morgan fingerprint density at radius 3 is 2.63 bits per heavy atom. The maximum absolute atomic E-state index is 13.1. The van der Waals surface area contributed by atoms with Gasteiger partial charge < -0.3 is 19.7 Å². The molecule has 1 fully saturated rings. The van der Waals surface area contributed by atoms with E-state index >= 15 is 0 Å². The third kappa shape index (κ3) is 4.33. The van der Waals surface area contributed by atoms with Gasteiger partial charge in [0.05, 0.1) is 5.56 Å². The van der Waals surface area contributed by atoms with E-state index in [0.29, 0.717) is 12.5 Å². The fourth-order valence-corrected chi connectivity index (χ4v) is 4.11. The van der Waals surface area contributed by atoms with Crippen LogP contribution in [0, 0.1) is 5.92 Å². The topological polar surface area (TPSA) is 53.4 Å². The fraction of sp³-hybridized carbons (Fsp3) is 0.417. The minimum atomic E-state index is -0.0399. The number of rotatable bonds is 6. The van der Waals surface area contributed by atoms with E-state index in [9.17, 15) is 4.79 Å². The number of hydrogen-bond donors (Lipinski definition) is 1. The third-order valence-corrected chi connectivity index (χ3v) is 5.70. The largest absolute Gasteiger partial charge is 0.354 e. The molecule has 1 saturated heterocycles. The Morgan fingerprint density at radius 2 is 1.87 bits per heavy atom. The van der Waals surface area contributed by atoms with Crippen molar-refractivity contribution in [1.82, 2.24) is 19.8 Å². The van der Waals surface area contributed by atoms with Crippen LogP contribution in [-0.2, 0) is 13.1 Å². The number of piperazine rings is 1. The number of para-hydroxylation sites is 1. The summed E-state index contributed by atoms with van der Waals surface area (Å²) in [4.78, 5) is 22.4. The van der Waals surface area contributed by atoms with Crippen LogP contribution in [0.1, 0.15) is 29.8 Å². The van der Waals surface area contributed by atoms with Gasteiger partial charge in [-0.1, -0.05) is 38.1 Å². The van der Waals surface area contributed by atoms with Gasteiger partial charge in [-0.25, -0.2) is 4.98 Å². The van der Waals surface area contributed by atoms with E-state index in [1.54, 1.807) is 0 Å². The number of carbonyl (C=O) groups excluding carboxylic acids is 1. The van der Waals surface area contributed by atoms with Crippen LogP contribution >= 0.6 is 0 Å². The molecule has 2 aromatic heterocycles. The van der Waals surface area contributed by atoms with Gasteiger partial charge in [-0.3, -0.25) is 4.79 Å². The molecule has 0 aliphatic carbocycles. The third-order valence-electron chi connectivity index (χ3n) is 5.70. The van der Waals surface area contributed by atoms with Gasteiger partial charge in [-0.2, -0.15) is 0 Å². The molecule has 0 atom stereocenters. The minimum Gasteiger partial charge on any atom is -0.354 e. The van der Waals surface area contributed by atoms with Gasteiger partial charge in [0, 0.05) is 68.1 Å². The van der Waals surface area contributed by atoms with Crippen LogP contribution < -0.4 is 10.2 Å². The van der Waals surface area contributed by atoms with Crippen molar-refractivity contribution >= 4 is 22.6 Å². The number of nitrogens with one attached hydrogen (secondary N) is 1. The highest BCUT2D eigenvalue weighted by Crippen LogP contribution is 2.23. The molecule has 158 valence electrons. The highest BCUT2D eigenvalue weighted by Gasteiger charge is 2.19. The summed E-state index contributed by atoms with van der Waals surface area (Å²) in [5, 5.41) is 4.13. The number of carbonyl (C=O) groups is 1. The number of benzene rings is 1. The first-order valence-electron chi connectivity index (χ1n) is 10.8. The number of pyridine rings is 1. The summed E-state index contributed by atoms with van der Waals surface area (Å²) in [5.41, 5.74) is 2.90. The molecule has 1 aromatic carbocycles. The summed E-state index contributed by atoms with van der Waals surface area (Å²) >= 11 is 0. The first-order chi connectivity index (χ1) is 14.5. The standard InChI is InChI=1S/C24H31N5O/c1-18(2)16-29-17-21(20-8-4-5-9-22(20)29)24(30)26-15-19-7-6-10-25-23(19)28-13-11-27(3)12-14-28/h4-10,17-18H,11-16H2,1-3H3,(H,26,30). The molecular formula is C24H31N5O. The number of aromatic nitrogens is 2. The van der Waals surface area contributed by atoms with Gasteiger partial charge in [0.2, 0.25) is 0 Å². The Morgan fingerprint density at radius 1 is 1.10 bits per heavy atom. The van der Waals surface area contributed by atoms with Gasteiger partial charge >= 0.3 is 0 Å². The van der Waals surface area contributed by atoms with Crippen LogP contribution in [0.2, 0.25) is 0 Å². The Labute approximate surface area is 178 Å². The molecule has 0 radical (unpaired) electrons. The zero-order valence-electron chi connectivity index (χ0n) is 18.1. The number of fused-ring (bicyclic) bond motifs is 1. The molecule has 3 aromatic rings. The lowest BCUT2D eigenvalue weighted by molar-refractivity contribution is 0.0952. The van der Waals surface area contributed by atoms with Gasteiger partial charge in [0.1, 0.15) is 5.82 Å². The zero-order valence-corrected chi connectivity index (χ0v) is 18.1. The Kier molecular flexibility index (Phi) is 6.04. The van der Waals surface area contributed by atoms with E-state index in [1.165, 1.54) is 0 Å². The van der Waals surface area contributed by atoms with Crippen LogP contribution in [-0.4, -0.2) is 53.6 Å². The monoisotopic (exact) mass is 405 g/mol. The Bertz CT molecular complexity index is 1020. The Hall–Kier alpha value is -2.86. The molecule has 4 rings (SSSR count). The lowest BCUT2D eigenvalue weighted by atomic mass is 10.1. The van der Waals surface area contributed by atoms with E-state index < -0.39 is 0 Å². The predicted molar refractivity (Wildman–Crippen MR) is 122 cm³/mol. The second-order valence-electron chi connectivity index (χ2n) is 8.57. The molecule has 1 amide bonds. The van der Waals surface area contributed by atoms with Crippen LogP contribution in [0.5, 0.6) is 0 Å². The smallest absolute Gasteiger partial charge is 0.253 e. The molecule has 0 bridgehead atoms. The second-order valence-corrected chi connectivity index (χ2v) is 8.57. The number of nitrogens with zero attached hydrogens (tertiary/aromatic N) is 4. The van der Waals surface area contributed by atoms with Crippen molar-refractivity contribution in [3.63, 3.8) is 0 Å². The fourth-order valence-electron chi connectivity index (χ4n) is 4.11. The van der Waals surface area contributed by atoms with Crippen molar-refractivity contribution < 1.29 is 4.79 Å². The first-order valence-corrected chi connectivity index (χ1v) is 10.8. The molecule has 0 saturated carbocycles. The van der Waals surface area contributed by atoms with Crippen LogP contribution in [0.3, 0.4) is 0 Å². The predicted octanol–water partition coefficient (Wildman–Crippen LogP) is 3.37. The molecule has 6 heteroatoms. The Balaban J connectivity index is 1.52. The van der Waals surface area contributed by atoms with Gasteiger partial charge in [-0.05, 0) is 25.1 Å². The van der Waals surface area contributed by atoms with E-state index in [0.717, 1.165) is 60.6 Å². The van der Waals surface area contributed by atoms with Crippen molar-refractivity contribution in [2.45, 2.75) is 26.9 Å². The minimum absolute atomic E-state index is 0.0399. The molecule has 1 aliphatic heterocycles. The molecule has 3 heterocycles. The van der Waals surface area contributed by atoms with Crippen molar-refractivity contribution in [3.8, 4) is 0 Å². The van der Waals surface area contributed by atoms with Crippen molar-refractivity contribution in [2.24, 2.45) is 5.92 Å². The van der Waals surface area contributed by atoms with Crippen LogP contribution in [0.4, 0.5) is 5.82 Å². The summed E-state index contributed by atoms with van der Waals surface area (Å²) in [7, 11) is 2.15. The number of amides is 1. The van der Waals surface area contributed by atoms with E-state index in [4.69, 9.17) is 0 Å². The molecular weight excluding hydrogens is 374 g/mol. The SMILES string of the molecule is CC(C)Cn1cc(C(=O)NCc2cccnc2N2CCN(C)CC2)c2ccccc21. The summed E-state index contributed by atoms with van der Waals surface area (Å²) < 4.78 is 2.19. The second kappa shape index (κ2) is 8.88. The van der Waals surface area contributed by atoms with E-state index in [2.05, 4.69) is 57.7 Å². The average molecular weight is 406 g/mol. The van der Waals surface area contributed by atoms with Gasteiger partial charge in [0.15, 0.2) is 0 Å². The number of anilines is 1. The molecule has 30 heavy (non-hydrogen) atoms. The molecule has 0 spiro atoms. The normalized spacial score (nSPS) is 15.1. The average Bonchev–Trinajstić information content (AvgIpc) is 3.11. The maximum Gasteiger partial charge on any atom is 0.253 e. The van der Waals surface area contributed by atoms with Crippen molar-refractivity contribution in [3.05, 3.63) is 59.9 Å². The molecule has 0 unspecified atom stereocenters. The van der Waals surface area contributed by atoms with Crippen LogP contribution in [0.15, 0.2) is 48.8 Å². The zero-order chi connectivity index (χ0) is 21.1. The summed E-state index contributed by atoms with van der Waals surface area (Å²) in [6.07, 6.45) is 3.82. The first kappa shape index (κ1) is 20.4. The van der Waals surface area contributed by atoms with Crippen LogP contribution in [0.25, 0.3) is 10.9 Å². The van der Waals surface area contributed by atoms with E-state index in [1.807, 2.05) is 36.7 Å². The van der Waals surface area contributed by atoms with E-state index in [-0.39, 0.29) is 5.91 Å². The number of hydrogen-bond acceptors (Lipinski definition) is 4. The van der Waals surface area contributed by atoms with Gasteiger partial charge in [0.25, 0.3) is 5.91 Å². The summed E-state index contributed by atoms with van der Waals surface area (Å²) in [5.74, 6) is 1.45. The lowest BCUT2D eigenvalue weighted by Crippen LogP contribution is -2.45. The summed E-state index contributed by atoms with van der Waals surface area (Å²) in [6.45, 7) is 9.71. The molecule has 6 nitrogen and oxygen atoms in total. The van der Waals surface area contributed by atoms with Gasteiger partial charge in [-0.15, -0.1) is 0 Å². The van der Waals surface area contributed by atoms with Crippen molar-refractivity contribution in [2.75, 3.05) is 38.1 Å². The highest BCUT2D eigenvalue weighted by molar-refractivity contribution is 6.07. The lowest BCUT2D eigenvalue weighted by Gasteiger charge is -2.34. The van der Waals surface area contributed by atoms with Crippen molar-refractivity contribution in [1.29, 1.82) is 0 Å². The molecule has 1 N–H and O–H groups in total. The number of likely N-dealkylation sites (N-methyl/N-ethyl adjacent to an activating group) is 1. The molecule has 1 aliphatic rings. The maximum atomic E-state index is 13.1.